The van der Waals surface area contributed by atoms with Gasteiger partial charge in [-0.1, -0.05) is 38.3 Å². The van der Waals surface area contributed by atoms with E-state index in [1.165, 1.54) is 41.3 Å². The Morgan fingerprint density at radius 2 is 1.94 bits per heavy atom. The first-order chi connectivity index (χ1) is 15.4. The minimum Gasteiger partial charge on any atom is -0.353 e. The average Bonchev–Trinajstić information content (AvgIpc) is 3.15. The lowest BCUT2D eigenvalue weighted by atomic mass is 9.72. The first kappa shape index (κ1) is 22.0. The van der Waals surface area contributed by atoms with Crippen LogP contribution in [0.25, 0.3) is 10.9 Å². The molecule has 1 aromatic carbocycles. The summed E-state index contributed by atoms with van der Waals surface area (Å²) in [6.45, 7) is 11.2. The molecule has 1 aromatic heterocycles. The van der Waals surface area contributed by atoms with Gasteiger partial charge in [-0.15, -0.1) is 0 Å². The van der Waals surface area contributed by atoms with Crippen LogP contribution in [0.1, 0.15) is 89.7 Å². The molecule has 2 heterocycles. The van der Waals surface area contributed by atoms with Crippen LogP contribution in [0.15, 0.2) is 24.4 Å². The van der Waals surface area contributed by atoms with Gasteiger partial charge in [-0.3, -0.25) is 9.69 Å². The number of likely N-dealkylation sites (tertiary alicyclic amines) is 1. The van der Waals surface area contributed by atoms with Gasteiger partial charge >= 0.3 is 0 Å². The standard InChI is InChI=1S/C28H41N3O/c1-5-14-30-17-20(27(32)29-21-10-7-6-8-11-21)15-23-22-12-9-13-24-26(22)19(16-25(23)30)18-31(24)28(2,3)4/h9,12-13,18,20-21,23,25H,5-8,10-11,14-17H2,1-4H3,(H,29,32)/t20-,23-,25-/m1/s1. The van der Waals surface area contributed by atoms with Gasteiger partial charge in [0.15, 0.2) is 0 Å². The number of fused-ring (bicyclic) bond motifs is 2. The van der Waals surface area contributed by atoms with E-state index in [1.54, 1.807) is 0 Å². The SMILES string of the molecule is CCCN1C[C@H](C(=O)NC2CCCCC2)C[C@@H]2c3cccc4c3c(cn4C(C)(C)C)C[C@H]21. The maximum absolute atomic E-state index is 13.4. The molecule has 0 unspecified atom stereocenters. The molecule has 1 aliphatic heterocycles. The Balaban J connectivity index is 1.47. The molecule has 2 aromatic rings. The fourth-order valence-electron chi connectivity index (χ4n) is 6.76. The fraction of sp³-hybridized carbons (Fsp3) is 0.679. The van der Waals surface area contributed by atoms with Crippen LogP contribution < -0.4 is 5.32 Å². The van der Waals surface area contributed by atoms with Crippen molar-refractivity contribution < 1.29 is 4.79 Å². The van der Waals surface area contributed by atoms with E-state index in [4.69, 9.17) is 0 Å². The van der Waals surface area contributed by atoms with Crippen molar-refractivity contribution in [3.05, 3.63) is 35.5 Å². The summed E-state index contributed by atoms with van der Waals surface area (Å²) < 4.78 is 2.47. The Hall–Kier alpha value is -1.81. The van der Waals surface area contributed by atoms with Crippen LogP contribution in [-0.4, -0.2) is 40.5 Å². The van der Waals surface area contributed by atoms with Crippen molar-refractivity contribution in [2.45, 2.75) is 103 Å². The summed E-state index contributed by atoms with van der Waals surface area (Å²) in [6, 6.07) is 7.79. The minimum absolute atomic E-state index is 0.0656. The second-order valence-corrected chi connectivity index (χ2v) is 11.6. The van der Waals surface area contributed by atoms with E-state index in [1.807, 2.05) is 0 Å². The highest BCUT2D eigenvalue weighted by atomic mass is 16.2. The molecule has 0 radical (unpaired) electrons. The molecule has 2 aliphatic carbocycles. The third-order valence-corrected chi connectivity index (χ3v) is 8.25. The number of carbonyl (C=O) groups excluding carboxylic acids is 1. The number of amides is 1. The summed E-state index contributed by atoms with van der Waals surface area (Å²) in [7, 11) is 0. The molecule has 0 bridgehead atoms. The lowest BCUT2D eigenvalue weighted by Gasteiger charge is -2.47. The molecule has 3 aliphatic rings. The zero-order valence-electron chi connectivity index (χ0n) is 20.5. The quantitative estimate of drug-likeness (QED) is 0.680. The summed E-state index contributed by atoms with van der Waals surface area (Å²) in [5.74, 6) is 0.859. The van der Waals surface area contributed by atoms with E-state index < -0.39 is 0 Å². The number of benzene rings is 1. The Morgan fingerprint density at radius 1 is 1.16 bits per heavy atom. The smallest absolute Gasteiger partial charge is 0.224 e. The van der Waals surface area contributed by atoms with Crippen molar-refractivity contribution >= 4 is 16.8 Å². The van der Waals surface area contributed by atoms with Crippen LogP contribution in [0.3, 0.4) is 0 Å². The zero-order chi connectivity index (χ0) is 22.5. The van der Waals surface area contributed by atoms with Crippen molar-refractivity contribution in [3.8, 4) is 0 Å². The molecule has 1 N–H and O–H groups in total. The molecule has 32 heavy (non-hydrogen) atoms. The third-order valence-electron chi connectivity index (χ3n) is 8.25. The molecule has 1 saturated heterocycles. The number of aromatic nitrogens is 1. The Kier molecular flexibility index (Phi) is 5.86. The number of hydrogen-bond donors (Lipinski definition) is 1. The topological polar surface area (TPSA) is 37.3 Å². The minimum atomic E-state index is 0.0656. The Morgan fingerprint density at radius 3 is 2.66 bits per heavy atom. The van der Waals surface area contributed by atoms with Crippen molar-refractivity contribution in [3.63, 3.8) is 0 Å². The van der Waals surface area contributed by atoms with Crippen LogP contribution in [0.2, 0.25) is 0 Å². The Bertz CT molecular complexity index is 978. The van der Waals surface area contributed by atoms with Gasteiger partial charge < -0.3 is 9.88 Å². The van der Waals surface area contributed by atoms with E-state index in [0.717, 1.165) is 45.2 Å². The number of carbonyl (C=O) groups is 1. The molecule has 2 fully saturated rings. The highest BCUT2D eigenvalue weighted by molar-refractivity contribution is 5.89. The van der Waals surface area contributed by atoms with Gasteiger partial charge in [0.2, 0.25) is 5.91 Å². The number of rotatable bonds is 4. The molecule has 174 valence electrons. The molecular weight excluding hydrogens is 394 g/mol. The molecule has 4 heteroatoms. The molecule has 5 rings (SSSR count). The summed E-state index contributed by atoms with van der Waals surface area (Å²) >= 11 is 0. The van der Waals surface area contributed by atoms with Gasteiger partial charge in [0, 0.05) is 47.2 Å². The maximum Gasteiger partial charge on any atom is 0.224 e. The average molecular weight is 436 g/mol. The number of nitrogens with one attached hydrogen (secondary N) is 1. The van der Waals surface area contributed by atoms with Crippen molar-refractivity contribution in [2.75, 3.05) is 13.1 Å². The van der Waals surface area contributed by atoms with E-state index in [9.17, 15) is 4.79 Å². The van der Waals surface area contributed by atoms with Gasteiger partial charge in [0.25, 0.3) is 0 Å². The number of hydrogen-bond acceptors (Lipinski definition) is 2. The molecule has 1 amide bonds. The largest absolute Gasteiger partial charge is 0.353 e. The van der Waals surface area contributed by atoms with Gasteiger partial charge in [0.05, 0.1) is 5.92 Å². The predicted molar refractivity (Wildman–Crippen MR) is 132 cm³/mol. The van der Waals surface area contributed by atoms with Crippen LogP contribution >= 0.6 is 0 Å². The summed E-state index contributed by atoms with van der Waals surface area (Å²) in [5.41, 5.74) is 4.40. The lowest BCUT2D eigenvalue weighted by Crippen LogP contribution is -2.54. The van der Waals surface area contributed by atoms with Gasteiger partial charge in [-0.25, -0.2) is 0 Å². The molecule has 0 spiro atoms. The van der Waals surface area contributed by atoms with E-state index in [0.29, 0.717) is 23.9 Å². The highest BCUT2D eigenvalue weighted by Gasteiger charge is 2.43. The highest BCUT2D eigenvalue weighted by Crippen LogP contribution is 2.46. The number of nitrogens with zero attached hydrogens (tertiary/aromatic N) is 2. The van der Waals surface area contributed by atoms with Gasteiger partial charge in [-0.05, 0) is 76.6 Å². The van der Waals surface area contributed by atoms with Crippen LogP contribution in [0.5, 0.6) is 0 Å². The van der Waals surface area contributed by atoms with Crippen LogP contribution in [0.4, 0.5) is 0 Å². The second kappa shape index (κ2) is 8.52. The lowest BCUT2D eigenvalue weighted by molar-refractivity contribution is -0.128. The predicted octanol–water partition coefficient (Wildman–Crippen LogP) is 5.59. The second-order valence-electron chi connectivity index (χ2n) is 11.6. The monoisotopic (exact) mass is 435 g/mol. The first-order valence-electron chi connectivity index (χ1n) is 13.0. The van der Waals surface area contributed by atoms with Crippen LogP contribution in [0, 0.1) is 5.92 Å². The van der Waals surface area contributed by atoms with Crippen LogP contribution in [-0.2, 0) is 16.8 Å². The van der Waals surface area contributed by atoms with Crippen molar-refractivity contribution in [2.24, 2.45) is 5.92 Å². The van der Waals surface area contributed by atoms with E-state index >= 15 is 0 Å². The number of piperidine rings is 1. The summed E-state index contributed by atoms with van der Waals surface area (Å²) in [5, 5.41) is 4.91. The molecule has 1 saturated carbocycles. The molecular formula is C28H41N3O. The van der Waals surface area contributed by atoms with Gasteiger partial charge in [0.1, 0.15) is 0 Å². The first-order valence-corrected chi connectivity index (χ1v) is 13.0. The van der Waals surface area contributed by atoms with E-state index in [-0.39, 0.29) is 11.5 Å². The summed E-state index contributed by atoms with van der Waals surface area (Å²) in [4.78, 5) is 16.0. The molecule has 3 atom stereocenters. The fourth-order valence-corrected chi connectivity index (χ4v) is 6.76. The zero-order valence-corrected chi connectivity index (χ0v) is 20.5. The van der Waals surface area contributed by atoms with Gasteiger partial charge in [-0.2, -0.15) is 0 Å². The van der Waals surface area contributed by atoms with Crippen molar-refractivity contribution in [1.29, 1.82) is 0 Å². The maximum atomic E-state index is 13.4. The summed E-state index contributed by atoms with van der Waals surface area (Å²) in [6.07, 6.45) is 11.8. The van der Waals surface area contributed by atoms with E-state index in [2.05, 4.69) is 66.9 Å². The molecule has 4 nitrogen and oxygen atoms in total. The normalized spacial score (nSPS) is 26.8. The van der Waals surface area contributed by atoms with Crippen molar-refractivity contribution in [1.82, 2.24) is 14.8 Å². The Labute approximate surface area is 193 Å². The third kappa shape index (κ3) is 3.89.